The Morgan fingerprint density at radius 2 is 2.12 bits per heavy atom. The molecule has 1 aromatic carbocycles. The zero-order valence-corrected chi connectivity index (χ0v) is 8.42. The van der Waals surface area contributed by atoms with Gasteiger partial charge < -0.3 is 5.73 Å². The van der Waals surface area contributed by atoms with Gasteiger partial charge in [0.05, 0.1) is 0 Å². The van der Waals surface area contributed by atoms with E-state index < -0.39 is 23.1 Å². The number of nitrogens with two attached hydrogens (primary N) is 1. The van der Waals surface area contributed by atoms with E-state index in [1.54, 1.807) is 0 Å². The lowest BCUT2D eigenvalue weighted by molar-refractivity contribution is -0.123. The number of hydrogen-bond acceptors (Lipinski definition) is 3. The Balaban J connectivity index is 2.56. The third kappa shape index (κ3) is 1.42. The van der Waals surface area contributed by atoms with Crippen molar-refractivity contribution in [3.8, 4) is 0 Å². The second-order valence-corrected chi connectivity index (χ2v) is 3.65. The maximum atomic E-state index is 13.5. The Labute approximate surface area is 90.2 Å². The van der Waals surface area contributed by atoms with Gasteiger partial charge >= 0.3 is 0 Å². The molecule has 16 heavy (non-hydrogen) atoms. The summed E-state index contributed by atoms with van der Waals surface area (Å²) >= 11 is 0. The first-order chi connectivity index (χ1) is 7.43. The topological polar surface area (TPSA) is 67.5 Å². The lowest BCUT2D eigenvalue weighted by Crippen LogP contribution is -2.37. The largest absolute Gasteiger partial charge is 0.370 e. The Kier molecular flexibility index (Phi) is 2.15. The van der Waals surface area contributed by atoms with Gasteiger partial charge in [-0.25, -0.2) is 13.8 Å². The number of hydrogen-bond donors (Lipinski definition) is 2. The number of carbonyl (C=O) groups excluding carboxylic acids is 1. The van der Waals surface area contributed by atoms with Crippen molar-refractivity contribution in [2.45, 2.75) is 12.5 Å². The van der Waals surface area contributed by atoms with E-state index in [2.05, 4.69) is 10.3 Å². The van der Waals surface area contributed by atoms with Crippen LogP contribution in [0.1, 0.15) is 12.5 Å². The molecule has 0 aliphatic carbocycles. The average molecular weight is 225 g/mol. The molecule has 0 radical (unpaired) electrons. The molecule has 1 amide bonds. The monoisotopic (exact) mass is 225 g/mol. The molecule has 1 heterocycles. The van der Waals surface area contributed by atoms with Crippen LogP contribution in [-0.4, -0.2) is 11.9 Å². The lowest BCUT2D eigenvalue weighted by Gasteiger charge is -2.18. The highest BCUT2D eigenvalue weighted by Gasteiger charge is 2.42. The molecule has 1 aliphatic rings. The van der Waals surface area contributed by atoms with Crippen molar-refractivity contribution >= 4 is 11.9 Å². The average Bonchev–Trinajstić information content (AvgIpc) is 2.40. The number of rotatable bonds is 1. The molecule has 4 nitrogen and oxygen atoms in total. The first kappa shape index (κ1) is 10.5. The van der Waals surface area contributed by atoms with Crippen LogP contribution in [-0.2, 0) is 10.3 Å². The molecule has 1 unspecified atom stereocenters. The van der Waals surface area contributed by atoms with Gasteiger partial charge in [-0.3, -0.25) is 10.1 Å². The predicted octanol–water partition coefficient (Wildman–Crippen LogP) is 0.625. The molecule has 3 N–H and O–H groups in total. The van der Waals surface area contributed by atoms with E-state index in [9.17, 15) is 13.6 Å². The van der Waals surface area contributed by atoms with Crippen LogP contribution in [0, 0.1) is 11.6 Å². The minimum absolute atomic E-state index is 0.00755. The number of aliphatic imine (C=N–C) groups is 1. The summed E-state index contributed by atoms with van der Waals surface area (Å²) in [5.41, 5.74) is 3.90. The second kappa shape index (κ2) is 3.26. The third-order valence-electron chi connectivity index (χ3n) is 2.48. The lowest BCUT2D eigenvalue weighted by atomic mass is 9.92. The van der Waals surface area contributed by atoms with E-state index in [-0.39, 0.29) is 11.5 Å². The van der Waals surface area contributed by atoms with E-state index in [1.807, 2.05) is 0 Å². The smallest absolute Gasteiger partial charge is 0.259 e. The van der Waals surface area contributed by atoms with Crippen molar-refractivity contribution in [1.82, 2.24) is 5.32 Å². The standard InChI is InChI=1S/C10H9F2N3O/c1-10(8(16)14-9(13)15-10)6-3-2-5(11)4-7(6)12/h2-4H,1H3,(H3,13,14,15,16). The molecule has 1 aliphatic heterocycles. The fraction of sp³-hybridized carbons (Fsp3) is 0.200. The number of halogens is 2. The molecule has 0 fully saturated rings. The maximum absolute atomic E-state index is 13.5. The van der Waals surface area contributed by atoms with Crippen molar-refractivity contribution in [2.24, 2.45) is 10.7 Å². The highest BCUT2D eigenvalue weighted by atomic mass is 19.1. The molecule has 0 saturated carbocycles. The third-order valence-corrected chi connectivity index (χ3v) is 2.48. The van der Waals surface area contributed by atoms with Crippen LogP contribution in [0.2, 0.25) is 0 Å². The number of guanidine groups is 1. The minimum atomic E-state index is -1.43. The number of nitrogens with zero attached hydrogens (tertiary/aromatic N) is 1. The van der Waals surface area contributed by atoms with Gasteiger partial charge in [-0.2, -0.15) is 0 Å². The molecule has 0 bridgehead atoms. The van der Waals surface area contributed by atoms with E-state index in [0.717, 1.165) is 6.07 Å². The molecular formula is C10H9F2N3O. The fourth-order valence-electron chi connectivity index (χ4n) is 1.62. The van der Waals surface area contributed by atoms with Crippen LogP contribution in [0.5, 0.6) is 0 Å². The quantitative estimate of drug-likeness (QED) is 0.735. The van der Waals surface area contributed by atoms with E-state index in [0.29, 0.717) is 6.07 Å². The number of carbonyl (C=O) groups is 1. The van der Waals surface area contributed by atoms with Crippen molar-refractivity contribution in [3.05, 3.63) is 35.4 Å². The fourth-order valence-corrected chi connectivity index (χ4v) is 1.62. The Bertz CT molecular complexity index is 501. The van der Waals surface area contributed by atoms with Crippen LogP contribution in [0.15, 0.2) is 23.2 Å². The molecule has 2 rings (SSSR count). The number of nitrogens with one attached hydrogen (secondary N) is 1. The highest BCUT2D eigenvalue weighted by Crippen LogP contribution is 2.30. The normalized spacial score (nSPS) is 24.2. The van der Waals surface area contributed by atoms with Gasteiger partial charge in [-0.1, -0.05) is 6.07 Å². The second-order valence-electron chi connectivity index (χ2n) is 3.65. The Hall–Kier alpha value is -1.98. The Morgan fingerprint density at radius 3 is 2.62 bits per heavy atom. The van der Waals surface area contributed by atoms with Crippen molar-refractivity contribution in [1.29, 1.82) is 0 Å². The number of benzene rings is 1. The summed E-state index contributed by atoms with van der Waals surface area (Å²) < 4.78 is 26.2. The van der Waals surface area contributed by atoms with Crippen molar-refractivity contribution in [3.63, 3.8) is 0 Å². The molecule has 1 aromatic rings. The van der Waals surface area contributed by atoms with Crippen LogP contribution >= 0.6 is 0 Å². The molecule has 0 saturated heterocycles. The predicted molar refractivity (Wildman–Crippen MR) is 53.5 cm³/mol. The summed E-state index contributed by atoms with van der Waals surface area (Å²) in [6.45, 7) is 1.42. The van der Waals surface area contributed by atoms with Gasteiger partial charge in [0.25, 0.3) is 5.91 Å². The summed E-state index contributed by atoms with van der Waals surface area (Å²) in [6, 6.07) is 2.96. The molecule has 0 aromatic heterocycles. The summed E-state index contributed by atoms with van der Waals surface area (Å²) in [7, 11) is 0. The van der Waals surface area contributed by atoms with Gasteiger partial charge in [0, 0.05) is 11.6 Å². The summed E-state index contributed by atoms with van der Waals surface area (Å²) in [5, 5.41) is 2.28. The van der Waals surface area contributed by atoms with Crippen molar-refractivity contribution < 1.29 is 13.6 Å². The Morgan fingerprint density at radius 1 is 1.44 bits per heavy atom. The number of amides is 1. The first-order valence-electron chi connectivity index (χ1n) is 4.56. The van der Waals surface area contributed by atoms with Crippen LogP contribution < -0.4 is 11.1 Å². The SMILES string of the molecule is CC1(c2ccc(F)cc2F)N=C(N)NC1=O. The summed E-state index contributed by atoms with van der Waals surface area (Å²) in [5.74, 6) is -2.14. The summed E-state index contributed by atoms with van der Waals surface area (Å²) in [6.07, 6.45) is 0. The first-order valence-corrected chi connectivity index (χ1v) is 4.56. The molecule has 0 spiro atoms. The van der Waals surface area contributed by atoms with Crippen molar-refractivity contribution in [2.75, 3.05) is 0 Å². The minimum Gasteiger partial charge on any atom is -0.370 e. The molecule has 6 heteroatoms. The van der Waals surface area contributed by atoms with Gasteiger partial charge in [0.15, 0.2) is 11.5 Å². The van der Waals surface area contributed by atoms with Crippen LogP contribution in [0.4, 0.5) is 8.78 Å². The van der Waals surface area contributed by atoms with E-state index >= 15 is 0 Å². The molecular weight excluding hydrogens is 216 g/mol. The van der Waals surface area contributed by atoms with E-state index in [1.165, 1.54) is 13.0 Å². The summed E-state index contributed by atoms with van der Waals surface area (Å²) in [4.78, 5) is 15.4. The van der Waals surface area contributed by atoms with Gasteiger partial charge in [-0.15, -0.1) is 0 Å². The zero-order chi connectivity index (χ0) is 11.9. The van der Waals surface area contributed by atoms with Crippen LogP contribution in [0.25, 0.3) is 0 Å². The van der Waals surface area contributed by atoms with Crippen LogP contribution in [0.3, 0.4) is 0 Å². The van der Waals surface area contributed by atoms with Gasteiger partial charge in [0.2, 0.25) is 0 Å². The molecule has 1 atom stereocenters. The van der Waals surface area contributed by atoms with E-state index in [4.69, 9.17) is 5.73 Å². The van der Waals surface area contributed by atoms with Gasteiger partial charge in [-0.05, 0) is 13.0 Å². The zero-order valence-electron chi connectivity index (χ0n) is 8.42. The van der Waals surface area contributed by atoms with Gasteiger partial charge in [0.1, 0.15) is 11.6 Å². The maximum Gasteiger partial charge on any atom is 0.259 e. The molecule has 84 valence electrons. The highest BCUT2D eigenvalue weighted by molar-refractivity contribution is 6.06.